The van der Waals surface area contributed by atoms with Gasteiger partial charge in [0.15, 0.2) is 0 Å². The molecule has 3 aromatic rings. The van der Waals surface area contributed by atoms with Gasteiger partial charge in [0.05, 0.1) is 10.2 Å². The van der Waals surface area contributed by atoms with Crippen molar-refractivity contribution < 1.29 is 4.79 Å². The molecule has 0 aliphatic carbocycles. The van der Waals surface area contributed by atoms with Gasteiger partial charge in [0.1, 0.15) is 17.9 Å². The molecule has 8 heteroatoms. The van der Waals surface area contributed by atoms with Crippen molar-refractivity contribution >= 4 is 33.0 Å². The molecule has 138 valence electrons. The van der Waals surface area contributed by atoms with E-state index in [-0.39, 0.29) is 18.0 Å². The van der Waals surface area contributed by atoms with E-state index in [1.165, 1.54) is 11.1 Å². The zero-order chi connectivity index (χ0) is 18.3. The predicted octanol–water partition coefficient (Wildman–Crippen LogP) is 1.62. The lowest BCUT2D eigenvalue weighted by Crippen LogP contribution is -2.42. The van der Waals surface area contributed by atoms with Gasteiger partial charge in [-0.3, -0.25) is 18.9 Å². The highest BCUT2D eigenvalue weighted by Crippen LogP contribution is 2.24. The van der Waals surface area contributed by atoms with Crippen LogP contribution in [0, 0.1) is 6.92 Å². The molecule has 1 saturated heterocycles. The maximum Gasteiger partial charge on any atom is 0.291 e. The molecule has 0 bridgehead atoms. The number of thiophene rings is 1. The van der Waals surface area contributed by atoms with E-state index in [0.717, 1.165) is 29.7 Å². The SMILES string of the molecule is CCN1CCC[C@@H]1CNC(=O)Cn1nc(C)n2c(cc3sccc32)c1=O. The molecule has 1 amide bonds. The number of hydrogen-bond acceptors (Lipinski definition) is 5. The van der Waals surface area contributed by atoms with E-state index in [1.807, 2.05) is 28.8 Å². The van der Waals surface area contributed by atoms with Crippen LogP contribution in [0.1, 0.15) is 25.6 Å². The number of nitrogens with zero attached hydrogens (tertiary/aromatic N) is 4. The molecule has 7 nitrogen and oxygen atoms in total. The van der Waals surface area contributed by atoms with Crippen molar-refractivity contribution in [3.63, 3.8) is 0 Å². The highest BCUT2D eigenvalue weighted by atomic mass is 32.1. The van der Waals surface area contributed by atoms with Crippen LogP contribution in [0.15, 0.2) is 22.3 Å². The van der Waals surface area contributed by atoms with Crippen molar-refractivity contribution in [2.45, 2.75) is 39.3 Å². The van der Waals surface area contributed by atoms with E-state index in [1.54, 1.807) is 11.3 Å². The molecular weight excluding hydrogens is 350 g/mol. The Bertz CT molecular complexity index is 1020. The molecule has 1 aliphatic heterocycles. The monoisotopic (exact) mass is 373 g/mol. The molecule has 26 heavy (non-hydrogen) atoms. The molecule has 1 fully saturated rings. The minimum Gasteiger partial charge on any atom is -0.353 e. The average molecular weight is 373 g/mol. The molecule has 0 spiro atoms. The molecule has 1 N–H and O–H groups in total. The number of likely N-dealkylation sites (N-methyl/N-ethyl adjacent to an activating group) is 1. The Morgan fingerprint density at radius 3 is 3.08 bits per heavy atom. The van der Waals surface area contributed by atoms with Gasteiger partial charge in [-0.15, -0.1) is 11.3 Å². The maximum atomic E-state index is 12.7. The lowest BCUT2D eigenvalue weighted by atomic mass is 10.2. The first-order valence-corrected chi connectivity index (χ1v) is 9.93. The van der Waals surface area contributed by atoms with Crippen LogP contribution < -0.4 is 10.9 Å². The summed E-state index contributed by atoms with van der Waals surface area (Å²) in [5.74, 6) is 0.536. The third-order valence-corrected chi connectivity index (χ3v) is 6.05. The first kappa shape index (κ1) is 17.2. The van der Waals surface area contributed by atoms with Crippen molar-refractivity contribution in [1.29, 1.82) is 0 Å². The van der Waals surface area contributed by atoms with E-state index < -0.39 is 0 Å². The van der Waals surface area contributed by atoms with Crippen molar-refractivity contribution in [2.75, 3.05) is 19.6 Å². The molecule has 0 unspecified atom stereocenters. The number of amides is 1. The smallest absolute Gasteiger partial charge is 0.291 e. The largest absolute Gasteiger partial charge is 0.353 e. The minimum atomic E-state index is -0.231. The lowest BCUT2D eigenvalue weighted by Gasteiger charge is -2.22. The number of carbonyl (C=O) groups excluding carboxylic acids is 1. The minimum absolute atomic E-state index is 0.0478. The summed E-state index contributed by atoms with van der Waals surface area (Å²) in [7, 11) is 0. The van der Waals surface area contributed by atoms with E-state index >= 15 is 0 Å². The van der Waals surface area contributed by atoms with E-state index in [9.17, 15) is 9.59 Å². The predicted molar refractivity (Wildman–Crippen MR) is 103 cm³/mol. The first-order chi connectivity index (χ1) is 12.6. The van der Waals surface area contributed by atoms with Crippen molar-refractivity contribution in [3.8, 4) is 0 Å². The van der Waals surface area contributed by atoms with Crippen LogP contribution >= 0.6 is 11.3 Å². The van der Waals surface area contributed by atoms with Crippen LogP contribution in [0.4, 0.5) is 0 Å². The van der Waals surface area contributed by atoms with Crippen molar-refractivity contribution in [1.82, 2.24) is 24.4 Å². The van der Waals surface area contributed by atoms with Crippen molar-refractivity contribution in [3.05, 3.63) is 33.7 Å². The molecule has 4 rings (SSSR count). The van der Waals surface area contributed by atoms with Crippen LogP contribution in [-0.4, -0.2) is 50.7 Å². The summed E-state index contributed by atoms with van der Waals surface area (Å²) in [6.07, 6.45) is 2.29. The summed E-state index contributed by atoms with van der Waals surface area (Å²) in [6, 6.07) is 4.26. The van der Waals surface area contributed by atoms with Crippen LogP contribution in [0.25, 0.3) is 15.7 Å². The second-order valence-corrected chi connectivity index (χ2v) is 7.72. The summed E-state index contributed by atoms with van der Waals surface area (Å²) >= 11 is 1.59. The Labute approximate surface area is 155 Å². The number of aromatic nitrogens is 3. The van der Waals surface area contributed by atoms with Crippen LogP contribution in [0.2, 0.25) is 0 Å². The quantitative estimate of drug-likeness (QED) is 0.738. The molecule has 0 saturated carbocycles. The fourth-order valence-corrected chi connectivity index (χ4v) is 4.71. The highest BCUT2D eigenvalue weighted by molar-refractivity contribution is 7.17. The van der Waals surface area contributed by atoms with Gasteiger partial charge < -0.3 is 5.32 Å². The number of rotatable bonds is 5. The Balaban J connectivity index is 1.52. The number of carbonyl (C=O) groups is 1. The molecule has 1 atom stereocenters. The second-order valence-electron chi connectivity index (χ2n) is 6.77. The number of fused-ring (bicyclic) bond motifs is 3. The first-order valence-electron chi connectivity index (χ1n) is 9.05. The average Bonchev–Trinajstić information content (AvgIpc) is 3.32. The Morgan fingerprint density at radius 2 is 2.27 bits per heavy atom. The van der Waals surface area contributed by atoms with E-state index in [0.29, 0.717) is 23.9 Å². The molecule has 0 radical (unpaired) electrons. The summed E-state index contributed by atoms with van der Waals surface area (Å²) in [6.45, 7) is 6.68. The third-order valence-electron chi connectivity index (χ3n) is 5.20. The number of nitrogens with one attached hydrogen (secondary N) is 1. The summed E-state index contributed by atoms with van der Waals surface area (Å²) in [5, 5.41) is 9.32. The molecule has 1 aliphatic rings. The maximum absolute atomic E-state index is 12.7. The Morgan fingerprint density at radius 1 is 1.42 bits per heavy atom. The number of likely N-dealkylation sites (tertiary alicyclic amines) is 1. The molecule has 0 aromatic carbocycles. The number of aryl methyl sites for hydroxylation is 1. The van der Waals surface area contributed by atoms with Gasteiger partial charge in [-0.1, -0.05) is 6.92 Å². The lowest BCUT2D eigenvalue weighted by molar-refractivity contribution is -0.122. The topological polar surface area (TPSA) is 71.6 Å². The van der Waals surface area contributed by atoms with Gasteiger partial charge in [-0.25, -0.2) is 4.68 Å². The zero-order valence-electron chi connectivity index (χ0n) is 15.1. The van der Waals surface area contributed by atoms with Gasteiger partial charge in [0.25, 0.3) is 5.56 Å². The van der Waals surface area contributed by atoms with Crippen molar-refractivity contribution in [2.24, 2.45) is 0 Å². The normalized spacial score (nSPS) is 18.2. The fraction of sp³-hybridized carbons (Fsp3) is 0.500. The Hall–Kier alpha value is -2.19. The van der Waals surface area contributed by atoms with Gasteiger partial charge in [-0.05, 0) is 50.4 Å². The van der Waals surface area contributed by atoms with Gasteiger partial charge in [0.2, 0.25) is 5.91 Å². The van der Waals surface area contributed by atoms with Crippen LogP contribution in [0.3, 0.4) is 0 Å². The van der Waals surface area contributed by atoms with Crippen LogP contribution in [-0.2, 0) is 11.3 Å². The zero-order valence-corrected chi connectivity index (χ0v) is 15.9. The molecule has 4 heterocycles. The second kappa shape index (κ2) is 6.85. The molecular formula is C18H23N5O2S. The summed E-state index contributed by atoms with van der Waals surface area (Å²) < 4.78 is 4.19. The standard InChI is InChI=1S/C18H23N5O2S/c1-3-21-7-4-5-13(21)10-19-17(24)11-22-18(25)15-9-16-14(6-8-26-16)23(15)12(2)20-22/h6,8-9,13H,3-5,7,10-11H2,1-2H3,(H,19,24)/t13-/m1/s1. The molecule has 3 aromatic heterocycles. The summed E-state index contributed by atoms with van der Waals surface area (Å²) in [4.78, 5) is 27.5. The van der Waals surface area contributed by atoms with Crippen LogP contribution in [0.5, 0.6) is 0 Å². The van der Waals surface area contributed by atoms with Gasteiger partial charge in [-0.2, -0.15) is 5.10 Å². The highest BCUT2D eigenvalue weighted by Gasteiger charge is 2.23. The number of hydrogen-bond donors (Lipinski definition) is 1. The summed E-state index contributed by atoms with van der Waals surface area (Å²) in [5.41, 5.74) is 1.33. The fourth-order valence-electron chi connectivity index (χ4n) is 3.90. The van der Waals surface area contributed by atoms with E-state index in [2.05, 4.69) is 22.2 Å². The van der Waals surface area contributed by atoms with Gasteiger partial charge in [0, 0.05) is 12.6 Å². The van der Waals surface area contributed by atoms with Gasteiger partial charge >= 0.3 is 0 Å². The Kier molecular flexibility index (Phi) is 4.54. The van der Waals surface area contributed by atoms with E-state index in [4.69, 9.17) is 0 Å². The third kappa shape index (κ3) is 2.93.